The summed E-state index contributed by atoms with van der Waals surface area (Å²) in [7, 11) is 3.87. The second-order valence-corrected chi connectivity index (χ2v) is 8.03. The fourth-order valence-electron chi connectivity index (χ4n) is 4.20. The minimum Gasteiger partial charge on any atom is -0.342 e. The topological polar surface area (TPSA) is 54.3 Å². The number of aromatic nitrogens is 3. The molecule has 0 N–H and O–H groups in total. The molecule has 6 heteroatoms. The van der Waals surface area contributed by atoms with Crippen molar-refractivity contribution < 1.29 is 0 Å². The maximum Gasteiger partial charge on any atom is 0.255 e. The zero-order valence-corrected chi connectivity index (χ0v) is 17.7. The molecule has 6 nitrogen and oxygen atoms in total. The lowest BCUT2D eigenvalue weighted by molar-refractivity contribution is 0.275. The molecule has 0 aliphatic carbocycles. The highest BCUT2D eigenvalue weighted by atomic mass is 16.1. The molecule has 2 aromatic heterocycles. The standard InChI is InChI=1S/C24H29N5O/c1-27(21-9-6-15-29(16-12-21)18-19-7-4-3-5-8-19)24-26-22(17-23(30)28(24)2)20-10-13-25-14-11-20/h3-5,7-8,10-11,13-14,17,21H,6,9,12,15-16,18H2,1-2H3. The van der Waals surface area contributed by atoms with Gasteiger partial charge >= 0.3 is 0 Å². The van der Waals surface area contributed by atoms with Gasteiger partial charge in [0.25, 0.3) is 5.56 Å². The number of nitrogens with zero attached hydrogens (tertiary/aromatic N) is 5. The Bertz CT molecular complexity index is 1020. The van der Waals surface area contributed by atoms with Crippen LogP contribution in [0.1, 0.15) is 24.8 Å². The minimum atomic E-state index is -0.0435. The van der Waals surface area contributed by atoms with Crippen molar-refractivity contribution in [2.75, 3.05) is 25.0 Å². The molecule has 1 saturated heterocycles. The predicted molar refractivity (Wildman–Crippen MR) is 120 cm³/mol. The third kappa shape index (κ3) is 4.60. The van der Waals surface area contributed by atoms with Gasteiger partial charge in [-0.25, -0.2) is 4.98 Å². The number of hydrogen-bond donors (Lipinski definition) is 0. The van der Waals surface area contributed by atoms with E-state index in [0.717, 1.165) is 50.4 Å². The van der Waals surface area contributed by atoms with Crippen molar-refractivity contribution in [1.29, 1.82) is 0 Å². The van der Waals surface area contributed by atoms with Crippen LogP contribution in [0.25, 0.3) is 11.3 Å². The van der Waals surface area contributed by atoms with E-state index in [0.29, 0.717) is 11.7 Å². The van der Waals surface area contributed by atoms with Gasteiger partial charge in [-0.15, -0.1) is 0 Å². The summed E-state index contributed by atoms with van der Waals surface area (Å²) in [6.45, 7) is 3.13. The number of rotatable bonds is 5. The van der Waals surface area contributed by atoms with Crippen molar-refractivity contribution >= 4 is 5.95 Å². The summed E-state index contributed by atoms with van der Waals surface area (Å²) < 4.78 is 1.65. The minimum absolute atomic E-state index is 0.0435. The van der Waals surface area contributed by atoms with E-state index in [-0.39, 0.29) is 5.56 Å². The van der Waals surface area contributed by atoms with Gasteiger partial charge in [-0.05, 0) is 43.5 Å². The van der Waals surface area contributed by atoms with Crippen molar-refractivity contribution in [1.82, 2.24) is 19.4 Å². The fourth-order valence-corrected chi connectivity index (χ4v) is 4.20. The lowest BCUT2D eigenvalue weighted by atomic mass is 10.1. The van der Waals surface area contributed by atoms with Crippen LogP contribution in [0.2, 0.25) is 0 Å². The Kier molecular flexibility index (Phi) is 6.23. The Hall–Kier alpha value is -2.99. The molecule has 1 aromatic carbocycles. The molecule has 3 heterocycles. The van der Waals surface area contributed by atoms with Crippen molar-refractivity contribution in [2.24, 2.45) is 7.05 Å². The summed E-state index contributed by atoms with van der Waals surface area (Å²) in [4.78, 5) is 26.2. The van der Waals surface area contributed by atoms with Gasteiger partial charge in [0.2, 0.25) is 5.95 Å². The molecule has 4 rings (SSSR count). The van der Waals surface area contributed by atoms with Crippen LogP contribution in [-0.4, -0.2) is 45.6 Å². The summed E-state index contributed by atoms with van der Waals surface area (Å²) in [5, 5.41) is 0. The summed E-state index contributed by atoms with van der Waals surface area (Å²) in [6, 6.07) is 16.4. The van der Waals surface area contributed by atoms with E-state index in [2.05, 4.69) is 52.2 Å². The first-order valence-electron chi connectivity index (χ1n) is 10.6. The van der Waals surface area contributed by atoms with E-state index in [1.807, 2.05) is 12.1 Å². The second-order valence-electron chi connectivity index (χ2n) is 8.03. The van der Waals surface area contributed by atoms with Crippen LogP contribution in [0.15, 0.2) is 65.7 Å². The van der Waals surface area contributed by atoms with Gasteiger partial charge < -0.3 is 4.90 Å². The maximum atomic E-state index is 12.6. The van der Waals surface area contributed by atoms with E-state index in [9.17, 15) is 4.79 Å². The third-order valence-corrected chi connectivity index (χ3v) is 5.99. The van der Waals surface area contributed by atoms with E-state index in [1.165, 1.54) is 5.56 Å². The van der Waals surface area contributed by atoms with Gasteiger partial charge in [0.15, 0.2) is 0 Å². The molecule has 30 heavy (non-hydrogen) atoms. The van der Waals surface area contributed by atoms with Gasteiger partial charge in [-0.3, -0.25) is 19.2 Å². The predicted octanol–water partition coefficient (Wildman–Crippen LogP) is 3.33. The average Bonchev–Trinajstić information content (AvgIpc) is 3.02. The van der Waals surface area contributed by atoms with Crippen LogP contribution < -0.4 is 10.5 Å². The Morgan fingerprint density at radius 2 is 1.83 bits per heavy atom. The molecule has 0 amide bonds. The van der Waals surface area contributed by atoms with E-state index in [4.69, 9.17) is 4.98 Å². The lowest BCUT2D eigenvalue weighted by Gasteiger charge is -2.29. The van der Waals surface area contributed by atoms with E-state index >= 15 is 0 Å². The Morgan fingerprint density at radius 3 is 2.60 bits per heavy atom. The summed E-state index contributed by atoms with van der Waals surface area (Å²) in [5.74, 6) is 0.718. The molecule has 3 aromatic rings. The van der Waals surface area contributed by atoms with Crippen LogP contribution in [0.5, 0.6) is 0 Å². The molecule has 0 radical (unpaired) electrons. The smallest absolute Gasteiger partial charge is 0.255 e. The fraction of sp³-hybridized carbons (Fsp3) is 0.375. The van der Waals surface area contributed by atoms with E-state index in [1.54, 1.807) is 30.1 Å². The van der Waals surface area contributed by atoms with Gasteiger partial charge in [0.1, 0.15) is 0 Å². The third-order valence-electron chi connectivity index (χ3n) is 5.99. The number of likely N-dealkylation sites (tertiary alicyclic amines) is 1. The lowest BCUT2D eigenvalue weighted by Crippen LogP contribution is -2.37. The Morgan fingerprint density at radius 1 is 1.07 bits per heavy atom. The number of anilines is 1. The molecule has 0 spiro atoms. The SMILES string of the molecule is CN(c1nc(-c2ccncc2)cc(=O)n1C)C1CCCN(Cc2ccccc2)CC1. The molecule has 1 fully saturated rings. The normalized spacial score (nSPS) is 17.5. The first-order chi connectivity index (χ1) is 14.6. The van der Waals surface area contributed by atoms with Crippen molar-refractivity contribution in [2.45, 2.75) is 31.8 Å². The second kappa shape index (κ2) is 9.22. The summed E-state index contributed by atoms with van der Waals surface area (Å²) in [6.07, 6.45) is 6.74. The molecule has 1 unspecified atom stereocenters. The highest BCUT2D eigenvalue weighted by molar-refractivity contribution is 5.59. The highest BCUT2D eigenvalue weighted by Gasteiger charge is 2.23. The molecule has 156 valence electrons. The Labute approximate surface area is 177 Å². The average molecular weight is 404 g/mol. The molecule has 0 bridgehead atoms. The molecule has 1 aliphatic rings. The molecule has 1 atom stereocenters. The van der Waals surface area contributed by atoms with Gasteiger partial charge in [0, 0.05) is 57.3 Å². The van der Waals surface area contributed by atoms with Gasteiger partial charge in [0.05, 0.1) is 5.69 Å². The van der Waals surface area contributed by atoms with Crippen LogP contribution >= 0.6 is 0 Å². The van der Waals surface area contributed by atoms with Crippen molar-refractivity contribution in [3.8, 4) is 11.3 Å². The van der Waals surface area contributed by atoms with Crippen molar-refractivity contribution in [3.63, 3.8) is 0 Å². The number of benzene rings is 1. The molecule has 1 aliphatic heterocycles. The first kappa shape index (κ1) is 20.3. The zero-order valence-electron chi connectivity index (χ0n) is 17.7. The largest absolute Gasteiger partial charge is 0.342 e. The van der Waals surface area contributed by atoms with Crippen molar-refractivity contribution in [3.05, 3.63) is 76.8 Å². The molecular weight excluding hydrogens is 374 g/mol. The van der Waals surface area contributed by atoms with E-state index < -0.39 is 0 Å². The summed E-state index contributed by atoms with van der Waals surface area (Å²) >= 11 is 0. The van der Waals surface area contributed by atoms with Gasteiger partial charge in [-0.1, -0.05) is 30.3 Å². The zero-order chi connectivity index (χ0) is 20.9. The Balaban J connectivity index is 1.51. The van der Waals surface area contributed by atoms with Crippen LogP contribution in [0.3, 0.4) is 0 Å². The van der Waals surface area contributed by atoms with Gasteiger partial charge in [-0.2, -0.15) is 0 Å². The number of hydrogen-bond acceptors (Lipinski definition) is 5. The van der Waals surface area contributed by atoms with Crippen LogP contribution in [0, 0.1) is 0 Å². The highest BCUT2D eigenvalue weighted by Crippen LogP contribution is 2.23. The monoisotopic (exact) mass is 403 g/mol. The maximum absolute atomic E-state index is 12.6. The van der Waals surface area contributed by atoms with Crippen LogP contribution in [0.4, 0.5) is 5.95 Å². The van der Waals surface area contributed by atoms with Crippen LogP contribution in [-0.2, 0) is 13.6 Å². The summed E-state index contributed by atoms with van der Waals surface area (Å²) in [5.41, 5.74) is 2.92. The quantitative estimate of drug-likeness (QED) is 0.654. The molecular formula is C24H29N5O. The molecule has 0 saturated carbocycles. The number of pyridine rings is 1. The first-order valence-corrected chi connectivity index (χ1v) is 10.6.